The molecule has 1 aromatic carbocycles. The predicted molar refractivity (Wildman–Crippen MR) is 75.0 cm³/mol. The van der Waals surface area contributed by atoms with Gasteiger partial charge in [0.2, 0.25) is 5.88 Å². The molecule has 2 N–H and O–H groups in total. The fourth-order valence-electron chi connectivity index (χ4n) is 1.37. The lowest BCUT2D eigenvalue weighted by Crippen LogP contribution is -2.00. The van der Waals surface area contributed by atoms with E-state index in [4.69, 9.17) is 22.1 Å². The van der Waals surface area contributed by atoms with E-state index < -0.39 is 0 Å². The van der Waals surface area contributed by atoms with Gasteiger partial charge in [-0.05, 0) is 18.2 Å². The summed E-state index contributed by atoms with van der Waals surface area (Å²) in [5, 5.41) is 0.500. The topological polar surface area (TPSA) is 61.0 Å². The highest BCUT2D eigenvalue weighted by molar-refractivity contribution is 9.10. The molecule has 2 rings (SSSR count). The Morgan fingerprint density at radius 2 is 2.11 bits per heavy atom. The number of nitrogen functional groups attached to an aromatic ring is 1. The smallest absolute Gasteiger partial charge is 0.224 e. The summed E-state index contributed by atoms with van der Waals surface area (Å²) in [6, 6.07) is 6.92. The van der Waals surface area contributed by atoms with Crippen molar-refractivity contribution in [1.82, 2.24) is 9.97 Å². The third kappa shape index (κ3) is 3.11. The molecule has 0 radical (unpaired) electrons. The van der Waals surface area contributed by atoms with E-state index >= 15 is 0 Å². The van der Waals surface area contributed by atoms with Crippen molar-refractivity contribution in [2.24, 2.45) is 0 Å². The Hall–Kier alpha value is -1.33. The van der Waals surface area contributed by atoms with E-state index in [-0.39, 0.29) is 0 Å². The summed E-state index contributed by atoms with van der Waals surface area (Å²) in [4.78, 5) is 8.30. The largest absolute Gasteiger partial charge is 0.437 e. The number of aromatic nitrogens is 2. The standard InChI is InChI=1S/C12H11BrClN3O/c1-2-11-16-10(15)6-12(17-11)18-9-4-3-7(13)5-8(9)14/h3-6H,2H2,1H3,(H2,15,16,17). The quantitative estimate of drug-likeness (QED) is 0.930. The van der Waals surface area contributed by atoms with Crippen molar-refractivity contribution in [2.45, 2.75) is 13.3 Å². The van der Waals surface area contributed by atoms with E-state index in [9.17, 15) is 0 Å². The van der Waals surface area contributed by atoms with E-state index in [1.807, 2.05) is 13.0 Å². The maximum absolute atomic E-state index is 6.06. The van der Waals surface area contributed by atoms with E-state index in [0.717, 1.165) is 4.47 Å². The van der Waals surface area contributed by atoms with E-state index in [1.54, 1.807) is 18.2 Å². The highest BCUT2D eigenvalue weighted by Crippen LogP contribution is 2.31. The molecule has 1 heterocycles. The third-order valence-corrected chi connectivity index (χ3v) is 2.98. The van der Waals surface area contributed by atoms with Gasteiger partial charge in [0.25, 0.3) is 0 Å². The van der Waals surface area contributed by atoms with Crippen LogP contribution in [0.3, 0.4) is 0 Å². The normalized spacial score (nSPS) is 10.4. The number of nitrogens with zero attached hydrogens (tertiary/aromatic N) is 2. The molecule has 0 spiro atoms. The molecule has 6 heteroatoms. The second kappa shape index (κ2) is 5.54. The van der Waals surface area contributed by atoms with Crippen LogP contribution in [0.2, 0.25) is 5.02 Å². The Morgan fingerprint density at radius 3 is 2.78 bits per heavy atom. The van der Waals surface area contributed by atoms with Crippen molar-refractivity contribution in [3.63, 3.8) is 0 Å². The average Bonchev–Trinajstić information content (AvgIpc) is 2.32. The van der Waals surface area contributed by atoms with Crippen molar-refractivity contribution < 1.29 is 4.74 Å². The van der Waals surface area contributed by atoms with Crippen LogP contribution < -0.4 is 10.5 Å². The van der Waals surface area contributed by atoms with Crippen LogP contribution in [0.25, 0.3) is 0 Å². The van der Waals surface area contributed by atoms with Crippen molar-refractivity contribution in [3.8, 4) is 11.6 Å². The number of benzene rings is 1. The summed E-state index contributed by atoms with van der Waals surface area (Å²) in [6.07, 6.45) is 0.690. The summed E-state index contributed by atoms with van der Waals surface area (Å²) in [5.74, 6) is 1.94. The van der Waals surface area contributed by atoms with Crippen LogP contribution >= 0.6 is 27.5 Å². The van der Waals surface area contributed by atoms with Crippen molar-refractivity contribution in [1.29, 1.82) is 0 Å². The second-order valence-electron chi connectivity index (χ2n) is 3.58. The number of ether oxygens (including phenoxy) is 1. The molecule has 0 saturated heterocycles. The van der Waals surface area contributed by atoms with Gasteiger partial charge >= 0.3 is 0 Å². The lowest BCUT2D eigenvalue weighted by atomic mass is 10.3. The Morgan fingerprint density at radius 1 is 1.33 bits per heavy atom. The Balaban J connectivity index is 2.30. The van der Waals surface area contributed by atoms with Gasteiger partial charge in [0, 0.05) is 17.0 Å². The van der Waals surface area contributed by atoms with Crippen LogP contribution in [0.4, 0.5) is 5.82 Å². The van der Waals surface area contributed by atoms with Crippen LogP contribution in [-0.2, 0) is 6.42 Å². The van der Waals surface area contributed by atoms with Crippen LogP contribution in [0.1, 0.15) is 12.7 Å². The molecule has 1 aromatic heterocycles. The molecule has 0 amide bonds. The molecule has 0 aliphatic carbocycles. The van der Waals surface area contributed by atoms with Gasteiger partial charge in [-0.2, -0.15) is 4.98 Å². The summed E-state index contributed by atoms with van der Waals surface area (Å²) < 4.78 is 6.49. The second-order valence-corrected chi connectivity index (χ2v) is 4.90. The van der Waals surface area contributed by atoms with Gasteiger partial charge in [0.15, 0.2) is 0 Å². The third-order valence-electron chi connectivity index (χ3n) is 2.19. The summed E-state index contributed by atoms with van der Waals surface area (Å²) in [7, 11) is 0. The molecule has 94 valence electrons. The van der Waals surface area contributed by atoms with Gasteiger partial charge in [-0.15, -0.1) is 0 Å². The highest BCUT2D eigenvalue weighted by atomic mass is 79.9. The van der Waals surface area contributed by atoms with E-state index in [0.29, 0.717) is 34.7 Å². The lowest BCUT2D eigenvalue weighted by molar-refractivity contribution is 0.459. The molecule has 0 atom stereocenters. The van der Waals surface area contributed by atoms with Crippen LogP contribution in [0.15, 0.2) is 28.7 Å². The Bertz CT molecular complexity index is 577. The van der Waals surface area contributed by atoms with Crippen LogP contribution in [0, 0.1) is 0 Å². The zero-order valence-electron chi connectivity index (χ0n) is 9.65. The Kier molecular flexibility index (Phi) is 4.04. The van der Waals surface area contributed by atoms with Crippen LogP contribution in [-0.4, -0.2) is 9.97 Å². The Labute approximate surface area is 118 Å². The zero-order chi connectivity index (χ0) is 13.1. The minimum atomic E-state index is 0.380. The fraction of sp³-hybridized carbons (Fsp3) is 0.167. The zero-order valence-corrected chi connectivity index (χ0v) is 12.0. The highest BCUT2D eigenvalue weighted by Gasteiger charge is 2.07. The SMILES string of the molecule is CCc1nc(N)cc(Oc2ccc(Br)cc2Cl)n1. The molecule has 0 aliphatic rings. The monoisotopic (exact) mass is 327 g/mol. The van der Waals surface area contributed by atoms with E-state index in [2.05, 4.69) is 25.9 Å². The molecular formula is C12H11BrClN3O. The number of hydrogen-bond donors (Lipinski definition) is 1. The van der Waals surface area contributed by atoms with Crippen LogP contribution in [0.5, 0.6) is 11.6 Å². The van der Waals surface area contributed by atoms with Crippen molar-refractivity contribution >= 4 is 33.3 Å². The number of aryl methyl sites for hydroxylation is 1. The molecule has 18 heavy (non-hydrogen) atoms. The minimum Gasteiger partial charge on any atom is -0.437 e. The molecule has 0 bridgehead atoms. The molecule has 0 saturated carbocycles. The maximum Gasteiger partial charge on any atom is 0.224 e. The van der Waals surface area contributed by atoms with Gasteiger partial charge in [-0.1, -0.05) is 34.5 Å². The summed E-state index contributed by atoms with van der Waals surface area (Å²) in [5.41, 5.74) is 5.68. The number of anilines is 1. The van der Waals surface area contributed by atoms with E-state index in [1.165, 1.54) is 0 Å². The average molecular weight is 329 g/mol. The predicted octanol–water partition coefficient (Wildman–Crippen LogP) is 3.83. The van der Waals surface area contributed by atoms with Crippen molar-refractivity contribution in [2.75, 3.05) is 5.73 Å². The van der Waals surface area contributed by atoms with Gasteiger partial charge < -0.3 is 10.5 Å². The molecule has 0 unspecified atom stereocenters. The molecule has 0 aliphatic heterocycles. The molecule has 4 nitrogen and oxygen atoms in total. The summed E-state index contributed by atoms with van der Waals surface area (Å²) in [6.45, 7) is 1.95. The first kappa shape index (κ1) is 13.1. The first-order valence-electron chi connectivity index (χ1n) is 5.35. The molecule has 2 aromatic rings. The number of hydrogen-bond acceptors (Lipinski definition) is 4. The van der Waals surface area contributed by atoms with Gasteiger partial charge in [-0.25, -0.2) is 4.98 Å². The van der Waals surface area contributed by atoms with Gasteiger partial charge in [-0.3, -0.25) is 0 Å². The lowest BCUT2D eigenvalue weighted by Gasteiger charge is -2.08. The molecule has 0 fully saturated rings. The number of rotatable bonds is 3. The van der Waals surface area contributed by atoms with Gasteiger partial charge in [0.1, 0.15) is 17.4 Å². The number of halogens is 2. The fourth-order valence-corrected chi connectivity index (χ4v) is 2.09. The number of nitrogens with two attached hydrogens (primary N) is 1. The van der Waals surface area contributed by atoms with Gasteiger partial charge in [0.05, 0.1) is 5.02 Å². The molecular weight excluding hydrogens is 318 g/mol. The first-order valence-corrected chi connectivity index (χ1v) is 6.52. The maximum atomic E-state index is 6.06. The van der Waals surface area contributed by atoms with Crippen molar-refractivity contribution in [3.05, 3.63) is 39.6 Å². The first-order chi connectivity index (χ1) is 8.58. The summed E-state index contributed by atoms with van der Waals surface area (Å²) >= 11 is 9.39. The minimum absolute atomic E-state index is 0.380.